The second-order valence-corrected chi connectivity index (χ2v) is 4.76. The number of hydrogen-bond donors (Lipinski definition) is 1. The molecule has 6 heteroatoms. The number of carbonyl (C=O) groups is 1. The van der Waals surface area contributed by atoms with Crippen molar-refractivity contribution in [3.8, 4) is 0 Å². The van der Waals surface area contributed by atoms with Crippen molar-refractivity contribution in [3.05, 3.63) is 51.4 Å². The van der Waals surface area contributed by atoms with E-state index in [0.29, 0.717) is 0 Å². The number of benzene rings is 1. The fourth-order valence-corrected chi connectivity index (χ4v) is 2.26. The predicted octanol–water partition coefficient (Wildman–Crippen LogP) is 3.09. The highest BCUT2D eigenvalue weighted by Crippen LogP contribution is 2.35. The Labute approximate surface area is 106 Å². The number of nitrogens with zero attached hydrogens (tertiary/aromatic N) is 1. The van der Waals surface area contributed by atoms with Gasteiger partial charge in [-0.2, -0.15) is 0 Å². The Kier molecular flexibility index (Phi) is 3.13. The van der Waals surface area contributed by atoms with Crippen LogP contribution in [-0.4, -0.2) is 16.1 Å². The maximum absolute atomic E-state index is 14.7. The minimum absolute atomic E-state index is 0.0227. The highest BCUT2D eigenvalue weighted by Gasteiger charge is 2.45. The van der Waals surface area contributed by atoms with Gasteiger partial charge in [0.15, 0.2) is 4.47 Å². The molecule has 2 rings (SSSR count). The van der Waals surface area contributed by atoms with Crippen molar-refractivity contribution in [3.63, 3.8) is 0 Å². The van der Waals surface area contributed by atoms with Gasteiger partial charge >= 0.3 is 5.97 Å². The van der Waals surface area contributed by atoms with Crippen LogP contribution in [0.2, 0.25) is 4.47 Å². The van der Waals surface area contributed by atoms with Gasteiger partial charge < -0.3 is 5.11 Å². The Balaban J connectivity index is 2.58. The van der Waals surface area contributed by atoms with E-state index in [1.807, 2.05) is 0 Å². The fourth-order valence-electron chi connectivity index (χ4n) is 1.46. The number of aromatic nitrogens is 1. The molecular weight excluding hydrogens is 265 g/mol. The van der Waals surface area contributed by atoms with E-state index in [-0.39, 0.29) is 15.7 Å². The summed E-state index contributed by atoms with van der Waals surface area (Å²) in [5.41, 5.74) is -2.84. The third-order valence-corrected chi connectivity index (χ3v) is 3.27. The molecule has 0 saturated heterocycles. The van der Waals surface area contributed by atoms with E-state index in [4.69, 9.17) is 16.7 Å². The zero-order valence-electron chi connectivity index (χ0n) is 8.43. The van der Waals surface area contributed by atoms with Crippen LogP contribution in [0.3, 0.4) is 0 Å². The largest absolute Gasteiger partial charge is 0.478 e. The molecule has 1 aromatic carbocycles. The monoisotopic (exact) mass is 271 g/mol. The van der Waals surface area contributed by atoms with E-state index in [2.05, 4.69) is 4.98 Å². The van der Waals surface area contributed by atoms with Crippen LogP contribution in [0.5, 0.6) is 0 Å². The minimum atomic E-state index is -2.66. The number of aliphatic carboxylic acids is 1. The highest BCUT2D eigenvalue weighted by molar-refractivity contribution is 7.14. The van der Waals surface area contributed by atoms with Crippen LogP contribution in [-0.2, 0) is 10.5 Å². The van der Waals surface area contributed by atoms with Crippen molar-refractivity contribution in [1.29, 1.82) is 0 Å². The Hall–Kier alpha value is -1.46. The molecule has 2 aromatic rings. The highest BCUT2D eigenvalue weighted by atomic mass is 35.5. The lowest BCUT2D eigenvalue weighted by Crippen LogP contribution is -2.32. The molecule has 0 amide bonds. The molecule has 0 aliphatic carbocycles. The van der Waals surface area contributed by atoms with Crippen LogP contribution in [0, 0.1) is 0 Å². The van der Waals surface area contributed by atoms with Crippen LogP contribution < -0.4 is 0 Å². The van der Waals surface area contributed by atoms with Gasteiger partial charge in [-0.3, -0.25) is 0 Å². The van der Waals surface area contributed by atoms with Crippen molar-refractivity contribution in [2.24, 2.45) is 0 Å². The minimum Gasteiger partial charge on any atom is -0.478 e. The summed E-state index contributed by atoms with van der Waals surface area (Å²) in [6.45, 7) is 0. The topological polar surface area (TPSA) is 50.2 Å². The van der Waals surface area contributed by atoms with E-state index in [1.165, 1.54) is 17.5 Å². The molecule has 0 bridgehead atoms. The van der Waals surface area contributed by atoms with E-state index in [9.17, 15) is 9.18 Å². The SMILES string of the molecule is O=C(O)C(F)(c1ccccc1)c1csc(Cl)n1. The summed E-state index contributed by atoms with van der Waals surface area (Å²) in [7, 11) is 0. The summed E-state index contributed by atoms with van der Waals surface area (Å²) in [6, 6.07) is 7.63. The van der Waals surface area contributed by atoms with Crippen LogP contribution >= 0.6 is 22.9 Å². The smallest absolute Gasteiger partial charge is 0.352 e. The Morgan fingerprint density at radius 1 is 1.41 bits per heavy atom. The molecule has 0 saturated carbocycles. The number of hydrogen-bond acceptors (Lipinski definition) is 3. The standard InChI is InChI=1S/C11H7ClFNO2S/c12-10-14-8(6-17-10)11(13,9(15)16)7-4-2-1-3-5-7/h1-6H,(H,15,16). The number of alkyl halides is 1. The zero-order valence-corrected chi connectivity index (χ0v) is 10.0. The van der Waals surface area contributed by atoms with E-state index < -0.39 is 11.6 Å². The van der Waals surface area contributed by atoms with Gasteiger partial charge in [-0.05, 0) is 0 Å². The molecule has 17 heavy (non-hydrogen) atoms. The second-order valence-electron chi connectivity index (χ2n) is 3.32. The third kappa shape index (κ3) is 2.03. The molecule has 0 fully saturated rings. The number of thiazole rings is 1. The average Bonchev–Trinajstić information content (AvgIpc) is 2.76. The van der Waals surface area contributed by atoms with E-state index in [0.717, 1.165) is 11.3 Å². The molecule has 1 unspecified atom stereocenters. The first kappa shape index (κ1) is 12.0. The summed E-state index contributed by atoms with van der Waals surface area (Å²) >= 11 is 6.60. The molecule has 88 valence electrons. The summed E-state index contributed by atoms with van der Waals surface area (Å²) in [5.74, 6) is -1.61. The molecular formula is C11H7ClFNO2S. The molecule has 0 aliphatic heterocycles. The van der Waals surface area contributed by atoms with Crippen LogP contribution in [0.25, 0.3) is 0 Å². The van der Waals surface area contributed by atoms with Gasteiger partial charge in [-0.1, -0.05) is 41.9 Å². The molecule has 3 nitrogen and oxygen atoms in total. The summed E-state index contributed by atoms with van der Waals surface area (Å²) in [5, 5.41) is 10.4. The summed E-state index contributed by atoms with van der Waals surface area (Å²) in [4.78, 5) is 14.9. The van der Waals surface area contributed by atoms with E-state index in [1.54, 1.807) is 18.2 Å². The van der Waals surface area contributed by atoms with Crippen molar-refractivity contribution < 1.29 is 14.3 Å². The molecule has 1 N–H and O–H groups in total. The van der Waals surface area contributed by atoms with Crippen molar-refractivity contribution >= 4 is 28.9 Å². The van der Waals surface area contributed by atoms with Gasteiger partial charge in [0, 0.05) is 10.9 Å². The zero-order chi connectivity index (χ0) is 12.5. The fraction of sp³-hybridized carbons (Fsp3) is 0.0909. The van der Waals surface area contributed by atoms with Crippen LogP contribution in [0.1, 0.15) is 11.3 Å². The van der Waals surface area contributed by atoms with Crippen LogP contribution in [0.15, 0.2) is 35.7 Å². The van der Waals surface area contributed by atoms with Crippen LogP contribution in [0.4, 0.5) is 4.39 Å². The van der Waals surface area contributed by atoms with Gasteiger partial charge in [0.25, 0.3) is 5.67 Å². The van der Waals surface area contributed by atoms with Gasteiger partial charge in [0.05, 0.1) is 0 Å². The normalized spacial score (nSPS) is 14.2. The van der Waals surface area contributed by atoms with Gasteiger partial charge in [0.1, 0.15) is 5.69 Å². The van der Waals surface area contributed by atoms with Crippen molar-refractivity contribution in [2.45, 2.75) is 5.67 Å². The Morgan fingerprint density at radius 3 is 2.53 bits per heavy atom. The number of halogens is 2. The number of rotatable bonds is 3. The molecule has 1 aromatic heterocycles. The van der Waals surface area contributed by atoms with E-state index >= 15 is 0 Å². The first-order valence-corrected chi connectivity index (χ1v) is 5.90. The molecule has 0 radical (unpaired) electrons. The number of carboxylic acid groups (broad SMARTS) is 1. The number of carboxylic acids is 1. The van der Waals surface area contributed by atoms with Gasteiger partial charge in [0.2, 0.25) is 0 Å². The molecule has 0 aliphatic rings. The average molecular weight is 272 g/mol. The summed E-state index contributed by atoms with van der Waals surface area (Å²) in [6.07, 6.45) is 0. The molecule has 1 atom stereocenters. The first-order chi connectivity index (χ1) is 8.05. The Bertz CT molecular complexity index is 545. The predicted molar refractivity (Wildman–Crippen MR) is 63.1 cm³/mol. The lowest BCUT2D eigenvalue weighted by atomic mass is 9.93. The summed E-state index contributed by atoms with van der Waals surface area (Å²) < 4.78 is 14.8. The lowest BCUT2D eigenvalue weighted by molar-refractivity contribution is -0.148. The van der Waals surface area contributed by atoms with Crippen molar-refractivity contribution in [2.75, 3.05) is 0 Å². The second kappa shape index (κ2) is 4.43. The Morgan fingerprint density at radius 2 is 2.06 bits per heavy atom. The maximum atomic E-state index is 14.7. The van der Waals surface area contributed by atoms with Crippen molar-refractivity contribution in [1.82, 2.24) is 4.98 Å². The molecule has 0 spiro atoms. The molecule has 1 heterocycles. The third-order valence-electron chi connectivity index (χ3n) is 2.30. The van der Waals surface area contributed by atoms with Gasteiger partial charge in [-0.15, -0.1) is 11.3 Å². The lowest BCUT2D eigenvalue weighted by Gasteiger charge is -2.18. The maximum Gasteiger partial charge on any atom is 0.352 e. The first-order valence-electron chi connectivity index (χ1n) is 4.64. The van der Waals surface area contributed by atoms with Gasteiger partial charge in [-0.25, -0.2) is 14.2 Å². The quantitative estimate of drug-likeness (QED) is 0.933.